The third kappa shape index (κ3) is 4.59. The molecule has 1 aromatic carbocycles. The number of hydrogen-bond donors (Lipinski definition) is 2. The molecule has 0 amide bonds. The first-order valence-electron chi connectivity index (χ1n) is 10.6. The quantitative estimate of drug-likeness (QED) is 0.344. The zero-order valence-corrected chi connectivity index (χ0v) is 19.5. The average Bonchev–Trinajstić information content (AvgIpc) is 3.47. The Hall–Kier alpha value is -4.04. The normalized spacial score (nSPS) is 17.1. The number of methoxy groups -OCH3 is 1. The van der Waals surface area contributed by atoms with Crippen LogP contribution in [0.15, 0.2) is 46.2 Å². The number of aromatic nitrogens is 3. The Bertz CT molecular complexity index is 1310. The summed E-state index contributed by atoms with van der Waals surface area (Å²) in [7, 11) is 1.55. The van der Waals surface area contributed by atoms with E-state index in [1.807, 2.05) is 31.5 Å². The van der Waals surface area contributed by atoms with E-state index >= 15 is 0 Å². The third-order valence-corrected chi connectivity index (χ3v) is 5.61. The highest BCUT2D eigenvalue weighted by Crippen LogP contribution is 2.50. The number of ether oxygens (including phenoxy) is 1. The van der Waals surface area contributed by atoms with Gasteiger partial charge in [0.05, 0.1) is 7.11 Å². The number of carbonyl (C=O) groups is 1. The number of rotatable bonds is 8. The van der Waals surface area contributed by atoms with Crippen molar-refractivity contribution in [3.63, 3.8) is 0 Å². The summed E-state index contributed by atoms with van der Waals surface area (Å²) in [5.41, 5.74) is 9.78. The van der Waals surface area contributed by atoms with Gasteiger partial charge in [-0.1, -0.05) is 26.0 Å². The molecule has 2 aromatic heterocycles. The molecule has 1 aliphatic rings. The predicted molar refractivity (Wildman–Crippen MR) is 124 cm³/mol. The molecule has 0 spiro atoms. The van der Waals surface area contributed by atoms with Gasteiger partial charge >= 0.3 is 18.0 Å². The van der Waals surface area contributed by atoms with Crippen molar-refractivity contribution in [2.24, 2.45) is 16.1 Å². The lowest BCUT2D eigenvalue weighted by atomic mass is 9.91. The van der Waals surface area contributed by atoms with Crippen LogP contribution in [0.25, 0.3) is 11.3 Å². The maximum absolute atomic E-state index is 12.7. The Morgan fingerprint density at radius 2 is 2.00 bits per heavy atom. The van der Waals surface area contributed by atoms with Gasteiger partial charge < -0.3 is 15.3 Å². The first kappa shape index (κ1) is 25.1. The molecule has 0 bridgehead atoms. The highest BCUT2D eigenvalue weighted by molar-refractivity contribution is 6.00. The molecule has 0 radical (unpaired) electrons. The van der Waals surface area contributed by atoms with Crippen LogP contribution < -0.4 is 20.4 Å². The molecule has 4 rings (SSSR count). The van der Waals surface area contributed by atoms with Crippen LogP contribution in [0.1, 0.15) is 13.8 Å². The summed E-state index contributed by atoms with van der Waals surface area (Å²) in [5.74, 6) is -2.15. The minimum absolute atomic E-state index is 0.0109. The van der Waals surface area contributed by atoms with Crippen molar-refractivity contribution in [1.29, 1.82) is 0 Å². The Morgan fingerprint density at radius 1 is 1.22 bits per heavy atom. The Morgan fingerprint density at radius 3 is 2.69 bits per heavy atom. The number of pyridine rings is 1. The van der Waals surface area contributed by atoms with Gasteiger partial charge in [-0.3, -0.25) is 4.98 Å². The number of fused-ring (bicyclic) bond motifs is 1. The predicted octanol–water partition coefficient (Wildman–Crippen LogP) is 3.87. The third-order valence-electron chi connectivity index (χ3n) is 5.61. The van der Waals surface area contributed by atoms with Crippen LogP contribution in [0.3, 0.4) is 0 Å². The Balaban J connectivity index is 1.83. The molecule has 3 aromatic rings. The summed E-state index contributed by atoms with van der Waals surface area (Å²) in [6, 6.07) is 8.96. The van der Waals surface area contributed by atoms with Crippen molar-refractivity contribution in [3.05, 3.63) is 36.5 Å². The lowest BCUT2D eigenvalue weighted by molar-refractivity contribution is -0.196. The average molecular weight is 506 g/mol. The van der Waals surface area contributed by atoms with Gasteiger partial charge in [0.2, 0.25) is 6.34 Å². The van der Waals surface area contributed by atoms with Crippen LogP contribution in [0.5, 0.6) is 5.75 Å². The van der Waals surface area contributed by atoms with Gasteiger partial charge in [0.1, 0.15) is 18.0 Å². The van der Waals surface area contributed by atoms with E-state index in [9.17, 15) is 18.0 Å². The zero-order valence-electron chi connectivity index (χ0n) is 19.5. The van der Waals surface area contributed by atoms with Gasteiger partial charge in [-0.05, 0) is 17.3 Å². The first-order chi connectivity index (χ1) is 17.0. The minimum Gasteiger partial charge on any atom is -0.497 e. The second kappa shape index (κ2) is 9.20. The number of anilines is 1. The monoisotopic (exact) mass is 506 g/mol. The highest BCUT2D eigenvalue weighted by Gasteiger charge is 2.49. The lowest BCUT2D eigenvalue weighted by Gasteiger charge is -2.34. The van der Waals surface area contributed by atoms with E-state index in [2.05, 4.69) is 25.1 Å². The molecule has 190 valence electrons. The maximum atomic E-state index is 12.7. The molecular weight excluding hydrogens is 483 g/mol. The second-order valence-corrected chi connectivity index (χ2v) is 8.82. The van der Waals surface area contributed by atoms with Gasteiger partial charge in [0.25, 0.3) is 5.82 Å². The summed E-state index contributed by atoms with van der Waals surface area (Å²) in [4.78, 5) is 24.5. The molecule has 1 atom stereocenters. The summed E-state index contributed by atoms with van der Waals surface area (Å²) >= 11 is 0. The highest BCUT2D eigenvalue weighted by atomic mass is 19.4. The molecule has 11 nitrogen and oxygen atoms in total. The fourth-order valence-corrected chi connectivity index (χ4v) is 3.87. The number of alkyl halides is 3. The van der Waals surface area contributed by atoms with Crippen molar-refractivity contribution in [2.75, 3.05) is 25.7 Å². The van der Waals surface area contributed by atoms with E-state index in [0.29, 0.717) is 22.8 Å². The standard InChI is InChI=1S/C22H23F3N7O4/c1-21(2,10-26)11-32(19-18(30-36-31-19)29-35-20(33)22(23,24)25)12-28-17-15(32)7-8-27-16(17)13-5-4-6-14(9-13)34-3/h4-9,12H,10-11,26H2,1-3H3,(H,29,30)/q+1. The number of hydrogen-bond acceptors (Lipinski definition) is 10. The molecule has 1 unspecified atom stereocenters. The van der Waals surface area contributed by atoms with E-state index in [-0.39, 0.29) is 29.2 Å². The van der Waals surface area contributed by atoms with E-state index in [4.69, 9.17) is 15.1 Å². The molecule has 0 saturated carbocycles. The van der Waals surface area contributed by atoms with Crippen molar-refractivity contribution in [1.82, 2.24) is 19.8 Å². The molecule has 3 heterocycles. The van der Waals surface area contributed by atoms with Gasteiger partial charge in [0.15, 0.2) is 11.4 Å². The van der Waals surface area contributed by atoms with Crippen LogP contribution in [-0.4, -0.2) is 54.0 Å². The molecule has 0 saturated heterocycles. The number of nitrogens with zero attached hydrogens (tertiary/aromatic N) is 5. The summed E-state index contributed by atoms with van der Waals surface area (Å²) < 4.78 is 47.9. The molecule has 3 N–H and O–H groups in total. The number of carbonyl (C=O) groups excluding carboxylic acids is 1. The lowest BCUT2D eigenvalue weighted by Crippen LogP contribution is -2.50. The van der Waals surface area contributed by atoms with Crippen LogP contribution in [0.2, 0.25) is 0 Å². The van der Waals surface area contributed by atoms with Crippen LogP contribution >= 0.6 is 0 Å². The number of halogens is 3. The Labute approximate surface area is 203 Å². The van der Waals surface area contributed by atoms with Crippen molar-refractivity contribution < 1.29 is 32.2 Å². The topological polar surface area (TPSA) is 138 Å². The van der Waals surface area contributed by atoms with Gasteiger partial charge in [-0.2, -0.15) is 28.1 Å². The smallest absolute Gasteiger partial charge is 0.493 e. The largest absolute Gasteiger partial charge is 0.497 e. The molecular formula is C22H23F3N7O4+. The summed E-state index contributed by atoms with van der Waals surface area (Å²) in [5, 5.41) is 7.55. The fourth-order valence-electron chi connectivity index (χ4n) is 3.87. The second-order valence-electron chi connectivity index (χ2n) is 8.82. The van der Waals surface area contributed by atoms with E-state index in [1.54, 1.807) is 37.8 Å². The van der Waals surface area contributed by atoms with Crippen LogP contribution in [0, 0.1) is 5.41 Å². The van der Waals surface area contributed by atoms with Gasteiger partial charge in [-0.15, -0.1) is 0 Å². The summed E-state index contributed by atoms with van der Waals surface area (Å²) in [6.45, 7) is 4.35. The number of quaternary nitrogens is 1. The fraction of sp³-hybridized carbons (Fsp3) is 0.318. The van der Waals surface area contributed by atoms with Crippen molar-refractivity contribution >= 4 is 35.3 Å². The number of nitrogens with one attached hydrogen (secondary N) is 1. The number of nitrogens with two attached hydrogens (primary N) is 1. The molecule has 0 fully saturated rings. The SMILES string of the molecule is COc1cccc(-c2nccc3c2N=C[N+]3(CC(C)(C)CN)c2nonc2NOC(=O)C(F)(F)F)c1. The maximum Gasteiger partial charge on any atom is 0.493 e. The van der Waals surface area contributed by atoms with Crippen molar-refractivity contribution in [3.8, 4) is 17.0 Å². The Kier molecular flexibility index (Phi) is 6.41. The van der Waals surface area contributed by atoms with E-state index in [0.717, 1.165) is 5.56 Å². The van der Waals surface area contributed by atoms with Gasteiger partial charge in [-0.25, -0.2) is 9.42 Å². The van der Waals surface area contributed by atoms with Crippen LogP contribution in [0.4, 0.5) is 36.2 Å². The molecule has 0 aliphatic carbocycles. The van der Waals surface area contributed by atoms with Crippen molar-refractivity contribution in [2.45, 2.75) is 20.0 Å². The first-order valence-corrected chi connectivity index (χ1v) is 10.6. The van der Waals surface area contributed by atoms with E-state index < -0.39 is 17.6 Å². The van der Waals surface area contributed by atoms with E-state index in [1.165, 1.54) is 0 Å². The molecule has 36 heavy (non-hydrogen) atoms. The number of benzene rings is 1. The van der Waals surface area contributed by atoms with Crippen LogP contribution in [-0.2, 0) is 9.63 Å². The zero-order chi connectivity index (χ0) is 26.1. The molecule has 1 aliphatic heterocycles. The molecule has 14 heteroatoms. The number of aliphatic imine (C=N–C) groups is 1. The van der Waals surface area contributed by atoms with Gasteiger partial charge in [0, 0.05) is 34.9 Å². The summed E-state index contributed by atoms with van der Waals surface area (Å²) in [6.07, 6.45) is -2.09. The minimum atomic E-state index is -5.21.